The fourth-order valence-electron chi connectivity index (χ4n) is 3.06. The summed E-state index contributed by atoms with van der Waals surface area (Å²) < 4.78 is 4.88. The predicted octanol–water partition coefficient (Wildman–Crippen LogP) is -0.806. The molecule has 0 spiro atoms. The molecule has 1 aliphatic heterocycles. The number of aliphatic hydroxyl groups is 2. The van der Waals surface area contributed by atoms with Crippen LogP contribution < -0.4 is 5.73 Å². The van der Waals surface area contributed by atoms with E-state index in [0.29, 0.717) is 28.8 Å². The zero-order valence-electron chi connectivity index (χ0n) is 12.1. The van der Waals surface area contributed by atoms with Crippen molar-refractivity contribution >= 4 is 25.5 Å². The number of aromatic amines is 1. The molecule has 7 N–H and O–H groups in total. The van der Waals surface area contributed by atoms with Crippen molar-refractivity contribution < 1.29 is 24.5 Å². The highest BCUT2D eigenvalue weighted by molar-refractivity contribution is 7.39. The molecule has 1 saturated heterocycles. The summed E-state index contributed by atoms with van der Waals surface area (Å²) in [5, 5.41) is 19.9. The van der Waals surface area contributed by atoms with Crippen molar-refractivity contribution in [1.29, 1.82) is 0 Å². The second-order valence-electron chi connectivity index (χ2n) is 5.34. The molecule has 1 fully saturated rings. The van der Waals surface area contributed by atoms with Crippen LogP contribution in [0.2, 0.25) is 0 Å². The molecule has 126 valence electrons. The van der Waals surface area contributed by atoms with E-state index < -0.39 is 20.7 Å². The third-order valence-electron chi connectivity index (χ3n) is 4.08. The summed E-state index contributed by atoms with van der Waals surface area (Å²) >= 11 is 0. The summed E-state index contributed by atoms with van der Waals surface area (Å²) in [7, 11) is -2.53. The van der Waals surface area contributed by atoms with Gasteiger partial charge in [0.1, 0.15) is 18.6 Å². The first-order valence-electron chi connectivity index (χ1n) is 6.95. The van der Waals surface area contributed by atoms with Crippen LogP contribution in [0.1, 0.15) is 18.0 Å². The lowest BCUT2D eigenvalue weighted by Crippen LogP contribution is -2.36. The monoisotopic (exact) mass is 343 g/mol. The second kappa shape index (κ2) is 6.62. The zero-order valence-corrected chi connectivity index (χ0v) is 13.0. The van der Waals surface area contributed by atoms with Crippen LogP contribution >= 0.6 is 8.60 Å². The summed E-state index contributed by atoms with van der Waals surface area (Å²) in [6.45, 7) is -0.329. The Morgan fingerprint density at radius 3 is 2.91 bits per heavy atom. The van der Waals surface area contributed by atoms with Crippen LogP contribution in [-0.2, 0) is 4.52 Å². The van der Waals surface area contributed by atoms with Crippen LogP contribution in [0, 0.1) is 0 Å². The smallest absolute Gasteiger partial charge is 0.328 e. The van der Waals surface area contributed by atoms with Gasteiger partial charge < -0.3 is 30.7 Å². The fraction of sp³-hybridized carbons (Fsp3) is 0.500. The minimum atomic E-state index is -2.53. The lowest BCUT2D eigenvalue weighted by atomic mass is 10.0. The van der Waals surface area contributed by atoms with E-state index in [-0.39, 0.29) is 19.4 Å². The molecule has 2 aromatic rings. The maximum atomic E-state index is 10.4. The minimum absolute atomic E-state index is 0.140. The first kappa shape index (κ1) is 16.5. The van der Waals surface area contributed by atoms with Crippen molar-refractivity contribution in [2.24, 2.45) is 0 Å². The van der Waals surface area contributed by atoms with Crippen LogP contribution in [-0.4, -0.2) is 65.3 Å². The third-order valence-corrected chi connectivity index (χ3v) is 4.42. The van der Waals surface area contributed by atoms with Gasteiger partial charge in [-0.1, -0.05) is 0 Å². The second-order valence-corrected chi connectivity index (χ2v) is 6.10. The summed E-state index contributed by atoms with van der Waals surface area (Å²) in [6.07, 6.45) is 2.57. The topological polar surface area (TPSA) is 161 Å². The quantitative estimate of drug-likeness (QED) is 0.382. The van der Waals surface area contributed by atoms with E-state index in [1.807, 2.05) is 0 Å². The van der Waals surface area contributed by atoms with Gasteiger partial charge in [-0.2, -0.15) is 0 Å². The molecule has 3 heterocycles. The highest BCUT2D eigenvalue weighted by Gasteiger charge is 2.42. The molecular weight excluding hydrogens is 325 g/mol. The average Bonchev–Trinajstić information content (AvgIpc) is 3.06. The number of likely N-dealkylation sites (tertiary alicyclic amines) is 1. The van der Waals surface area contributed by atoms with Gasteiger partial charge in [0.15, 0.2) is 5.82 Å². The Morgan fingerprint density at radius 2 is 2.22 bits per heavy atom. The van der Waals surface area contributed by atoms with E-state index in [4.69, 9.17) is 20.0 Å². The van der Waals surface area contributed by atoms with Gasteiger partial charge >= 0.3 is 8.60 Å². The lowest BCUT2D eigenvalue weighted by molar-refractivity contribution is 0.0305. The maximum Gasteiger partial charge on any atom is 0.328 e. The molecule has 0 aliphatic carbocycles. The SMILES string of the molecule is Nc1ncnc2c(C3[C@H](O)CC(CO)N3COP(O)O)c[nH]c12. The average molecular weight is 343 g/mol. The molecule has 0 saturated carbocycles. The molecule has 2 aromatic heterocycles. The maximum absolute atomic E-state index is 10.4. The van der Waals surface area contributed by atoms with Crippen molar-refractivity contribution in [3.63, 3.8) is 0 Å². The van der Waals surface area contributed by atoms with Gasteiger partial charge in [0.25, 0.3) is 0 Å². The molecule has 3 atom stereocenters. The van der Waals surface area contributed by atoms with Gasteiger partial charge in [-0.15, -0.1) is 0 Å². The number of nitrogens with one attached hydrogen (secondary N) is 1. The van der Waals surface area contributed by atoms with Crippen LogP contribution in [0.5, 0.6) is 0 Å². The molecule has 0 radical (unpaired) electrons. The first-order valence-corrected chi connectivity index (χ1v) is 8.12. The molecule has 3 rings (SSSR count). The fourth-order valence-corrected chi connectivity index (χ4v) is 3.30. The Balaban J connectivity index is 1.98. The van der Waals surface area contributed by atoms with Crippen LogP contribution in [0.15, 0.2) is 12.5 Å². The van der Waals surface area contributed by atoms with E-state index in [1.54, 1.807) is 11.1 Å². The zero-order chi connectivity index (χ0) is 16.6. The number of nitrogens with zero attached hydrogens (tertiary/aromatic N) is 3. The van der Waals surface area contributed by atoms with E-state index in [1.165, 1.54) is 6.33 Å². The molecule has 10 nitrogen and oxygen atoms in total. The van der Waals surface area contributed by atoms with Gasteiger partial charge in [-0.3, -0.25) is 9.42 Å². The van der Waals surface area contributed by atoms with Crippen molar-refractivity contribution in [3.05, 3.63) is 18.1 Å². The van der Waals surface area contributed by atoms with Crippen LogP contribution in [0.3, 0.4) is 0 Å². The Kier molecular flexibility index (Phi) is 4.74. The van der Waals surface area contributed by atoms with Gasteiger partial charge in [0.2, 0.25) is 0 Å². The Morgan fingerprint density at radius 1 is 1.43 bits per heavy atom. The number of nitrogen functional groups attached to an aromatic ring is 1. The Labute approximate surface area is 132 Å². The standard InChI is InChI=1S/C12H18N5O5P/c13-12-10-9(15-4-16-12)7(2-14-10)11-8(19)1-6(3-18)17(11)5-22-23(20)21/h2,4,6,8,11,14,18-21H,1,3,5H2,(H2,13,15,16)/t6?,8-,11?/m1/s1. The summed E-state index contributed by atoms with van der Waals surface area (Å²) in [6, 6.07) is -0.890. The van der Waals surface area contributed by atoms with Crippen molar-refractivity contribution in [2.45, 2.75) is 24.6 Å². The third kappa shape index (κ3) is 3.02. The number of hydrogen-bond donors (Lipinski definition) is 6. The minimum Gasteiger partial charge on any atom is -0.395 e. The van der Waals surface area contributed by atoms with Crippen LogP contribution in [0.25, 0.3) is 11.0 Å². The number of aliphatic hydroxyl groups excluding tert-OH is 2. The highest BCUT2D eigenvalue weighted by atomic mass is 31.2. The largest absolute Gasteiger partial charge is 0.395 e. The molecule has 0 amide bonds. The number of anilines is 1. The van der Waals surface area contributed by atoms with Crippen molar-refractivity contribution in [1.82, 2.24) is 19.9 Å². The molecule has 11 heteroatoms. The predicted molar refractivity (Wildman–Crippen MR) is 81.7 cm³/mol. The molecule has 0 bridgehead atoms. The van der Waals surface area contributed by atoms with E-state index >= 15 is 0 Å². The molecule has 23 heavy (non-hydrogen) atoms. The molecule has 2 unspecified atom stereocenters. The Hall–Kier alpha value is -1.39. The number of nitrogens with two attached hydrogens (primary N) is 1. The van der Waals surface area contributed by atoms with Gasteiger partial charge in [-0.05, 0) is 6.42 Å². The van der Waals surface area contributed by atoms with Gasteiger partial charge in [0.05, 0.1) is 24.3 Å². The van der Waals surface area contributed by atoms with E-state index in [0.717, 1.165) is 0 Å². The van der Waals surface area contributed by atoms with Crippen molar-refractivity contribution in [3.8, 4) is 0 Å². The summed E-state index contributed by atoms with van der Waals surface area (Å²) in [5.41, 5.74) is 7.62. The highest BCUT2D eigenvalue weighted by Crippen LogP contribution is 2.40. The molecular formula is C12H18N5O5P. The van der Waals surface area contributed by atoms with Gasteiger partial charge in [0, 0.05) is 17.8 Å². The Bertz CT molecular complexity index is 683. The summed E-state index contributed by atoms with van der Waals surface area (Å²) in [5.74, 6) is 0.296. The lowest BCUT2D eigenvalue weighted by Gasteiger charge is -2.29. The number of fused-ring (bicyclic) bond motifs is 1. The number of rotatable bonds is 5. The van der Waals surface area contributed by atoms with Crippen molar-refractivity contribution in [2.75, 3.05) is 19.1 Å². The normalized spacial score (nSPS) is 25.7. The summed E-state index contributed by atoms with van der Waals surface area (Å²) in [4.78, 5) is 30.7. The van der Waals surface area contributed by atoms with Gasteiger partial charge in [-0.25, -0.2) is 9.97 Å². The molecule has 0 aromatic carbocycles. The van der Waals surface area contributed by atoms with E-state index in [2.05, 4.69) is 15.0 Å². The number of aromatic nitrogens is 3. The number of H-pyrrole nitrogens is 1. The molecule has 1 aliphatic rings. The van der Waals surface area contributed by atoms with Crippen LogP contribution in [0.4, 0.5) is 5.82 Å². The first-order chi connectivity index (χ1) is 11.0. The number of hydrogen-bond acceptors (Lipinski definition) is 9. The van der Waals surface area contributed by atoms with E-state index in [9.17, 15) is 10.2 Å².